The van der Waals surface area contributed by atoms with E-state index in [0.29, 0.717) is 12.4 Å². The molecule has 8 nitrogen and oxygen atoms in total. The van der Waals surface area contributed by atoms with Crippen LogP contribution in [0.2, 0.25) is 5.02 Å². The van der Waals surface area contributed by atoms with Gasteiger partial charge in [0, 0.05) is 26.5 Å². The number of halogens is 3. The van der Waals surface area contributed by atoms with Gasteiger partial charge < -0.3 is 29.0 Å². The van der Waals surface area contributed by atoms with Crippen molar-refractivity contribution < 1.29 is 42.4 Å². The Hall–Kier alpha value is -2.95. The van der Waals surface area contributed by atoms with Crippen LogP contribution in [-0.4, -0.2) is 73.6 Å². The molecule has 0 aromatic heterocycles. The summed E-state index contributed by atoms with van der Waals surface area (Å²) >= 11 is 6.04. The van der Waals surface area contributed by atoms with Crippen molar-refractivity contribution >= 4 is 23.7 Å². The highest BCUT2D eigenvalue weighted by molar-refractivity contribution is 6.32. The number of amides is 1. The molecule has 0 fully saturated rings. The van der Waals surface area contributed by atoms with E-state index in [1.807, 2.05) is 0 Å². The Bertz CT molecular complexity index is 970. The molecule has 0 spiro atoms. The summed E-state index contributed by atoms with van der Waals surface area (Å²) in [5, 5.41) is 9.46. The Kier molecular flexibility index (Phi) is 11.9. The number of carboxylic acids is 1. The highest BCUT2D eigenvalue weighted by Gasteiger charge is 2.22. The number of alkyl halides is 2. The summed E-state index contributed by atoms with van der Waals surface area (Å²) in [6.07, 6.45) is -1.46. The van der Waals surface area contributed by atoms with Crippen LogP contribution in [0.3, 0.4) is 0 Å². The van der Waals surface area contributed by atoms with Gasteiger partial charge in [-0.05, 0) is 36.8 Å². The minimum atomic E-state index is -2.98. The predicted molar refractivity (Wildman–Crippen MR) is 129 cm³/mol. The van der Waals surface area contributed by atoms with Gasteiger partial charge in [0.15, 0.2) is 11.9 Å². The summed E-state index contributed by atoms with van der Waals surface area (Å²) in [5.74, 6) is -3.35. The van der Waals surface area contributed by atoms with Crippen molar-refractivity contribution in [1.29, 1.82) is 0 Å². The Morgan fingerprint density at radius 2 is 1.75 bits per heavy atom. The summed E-state index contributed by atoms with van der Waals surface area (Å²) in [7, 11) is 0. The number of nitrogens with zero attached hydrogens (tertiary/aromatic N) is 1. The van der Waals surface area contributed by atoms with Crippen molar-refractivity contribution in [3.63, 3.8) is 0 Å². The number of rotatable bonds is 15. The lowest BCUT2D eigenvalue weighted by atomic mass is 10.1. The van der Waals surface area contributed by atoms with E-state index in [4.69, 9.17) is 30.5 Å². The zero-order chi connectivity index (χ0) is 26.6. The standard InChI is InChI=1S/C25H30ClF2NO7/c1-3-34-22(23(30)31)16-18-8-10-19(11-9-18)35-15-13-29(12-14-33-17-25(2,27)28)24(32)36-21-7-5-4-6-20(21)26/h4-11,22H,3,12-17H2,1-2H3,(H,30,31). The van der Waals surface area contributed by atoms with Gasteiger partial charge in [-0.25, -0.2) is 18.4 Å². The molecule has 1 unspecified atom stereocenters. The Morgan fingerprint density at radius 1 is 1.08 bits per heavy atom. The fraction of sp³-hybridized carbons (Fsp3) is 0.440. The van der Waals surface area contributed by atoms with Crippen molar-refractivity contribution in [2.75, 3.05) is 39.5 Å². The highest BCUT2D eigenvalue weighted by Crippen LogP contribution is 2.24. The molecule has 0 aliphatic rings. The number of hydrogen-bond acceptors (Lipinski definition) is 6. The van der Waals surface area contributed by atoms with Crippen LogP contribution in [0.15, 0.2) is 48.5 Å². The van der Waals surface area contributed by atoms with Gasteiger partial charge in [0.25, 0.3) is 5.92 Å². The smallest absolute Gasteiger partial charge is 0.415 e. The van der Waals surface area contributed by atoms with E-state index in [-0.39, 0.29) is 43.5 Å². The maximum absolute atomic E-state index is 13.0. The topological polar surface area (TPSA) is 94.5 Å². The van der Waals surface area contributed by atoms with Gasteiger partial charge in [0.05, 0.1) is 18.2 Å². The lowest BCUT2D eigenvalue weighted by molar-refractivity contribution is -0.149. The van der Waals surface area contributed by atoms with E-state index in [0.717, 1.165) is 12.5 Å². The molecule has 1 atom stereocenters. The van der Waals surface area contributed by atoms with Gasteiger partial charge >= 0.3 is 12.1 Å². The maximum atomic E-state index is 13.0. The van der Waals surface area contributed by atoms with Gasteiger partial charge in [0.1, 0.15) is 19.0 Å². The number of aliphatic carboxylic acids is 1. The van der Waals surface area contributed by atoms with E-state index in [9.17, 15) is 23.5 Å². The van der Waals surface area contributed by atoms with E-state index in [2.05, 4.69) is 0 Å². The van der Waals surface area contributed by atoms with E-state index in [1.54, 1.807) is 49.4 Å². The van der Waals surface area contributed by atoms with Gasteiger partial charge in [-0.3, -0.25) is 0 Å². The van der Waals surface area contributed by atoms with E-state index < -0.39 is 30.7 Å². The van der Waals surface area contributed by atoms with Gasteiger partial charge in [-0.1, -0.05) is 35.9 Å². The van der Waals surface area contributed by atoms with Crippen molar-refractivity contribution in [3.05, 3.63) is 59.1 Å². The van der Waals surface area contributed by atoms with E-state index >= 15 is 0 Å². The van der Waals surface area contributed by atoms with Crippen LogP contribution < -0.4 is 9.47 Å². The molecule has 2 aromatic rings. The molecule has 2 aromatic carbocycles. The lowest BCUT2D eigenvalue weighted by Crippen LogP contribution is -2.39. The average molecular weight is 530 g/mol. The van der Waals surface area contributed by atoms with Crippen molar-refractivity contribution in [3.8, 4) is 11.5 Å². The largest absolute Gasteiger partial charge is 0.492 e. The van der Waals surface area contributed by atoms with Crippen molar-refractivity contribution in [2.24, 2.45) is 0 Å². The van der Waals surface area contributed by atoms with Gasteiger partial charge in [-0.2, -0.15) is 0 Å². The minimum Gasteiger partial charge on any atom is -0.492 e. The zero-order valence-electron chi connectivity index (χ0n) is 20.1. The summed E-state index contributed by atoms with van der Waals surface area (Å²) in [6.45, 7) is 2.03. The molecule has 0 bridgehead atoms. The minimum absolute atomic E-state index is 0.00430. The number of carbonyl (C=O) groups excluding carboxylic acids is 1. The third-order valence-corrected chi connectivity index (χ3v) is 5.08. The molecule has 36 heavy (non-hydrogen) atoms. The van der Waals surface area contributed by atoms with Crippen LogP contribution in [0, 0.1) is 0 Å². The first-order chi connectivity index (χ1) is 17.1. The molecule has 0 heterocycles. The van der Waals surface area contributed by atoms with Crippen LogP contribution in [0.25, 0.3) is 0 Å². The molecule has 0 radical (unpaired) electrons. The van der Waals surface area contributed by atoms with Gasteiger partial charge in [-0.15, -0.1) is 0 Å². The number of benzene rings is 2. The second-order valence-electron chi connectivity index (χ2n) is 7.89. The SMILES string of the molecule is CCOC(Cc1ccc(OCCN(CCOCC(C)(F)F)C(=O)Oc2ccccc2Cl)cc1)C(=O)O. The van der Waals surface area contributed by atoms with E-state index in [1.165, 1.54) is 11.0 Å². The third kappa shape index (κ3) is 10.8. The summed E-state index contributed by atoms with van der Waals surface area (Å²) in [5.41, 5.74) is 0.762. The molecule has 1 amide bonds. The molecule has 0 aliphatic carbocycles. The molecule has 1 N–H and O–H groups in total. The fourth-order valence-electron chi connectivity index (χ4n) is 3.03. The Balaban J connectivity index is 1.93. The monoisotopic (exact) mass is 529 g/mol. The number of carbonyl (C=O) groups is 2. The Labute approximate surface area is 213 Å². The second-order valence-corrected chi connectivity index (χ2v) is 8.29. The summed E-state index contributed by atoms with van der Waals surface area (Å²) < 4.78 is 47.2. The summed E-state index contributed by atoms with van der Waals surface area (Å²) in [6, 6.07) is 13.3. The van der Waals surface area contributed by atoms with Crippen LogP contribution in [0.5, 0.6) is 11.5 Å². The number of para-hydroxylation sites is 1. The third-order valence-electron chi connectivity index (χ3n) is 4.77. The first kappa shape index (κ1) is 29.3. The van der Waals surface area contributed by atoms with Crippen LogP contribution in [-0.2, 0) is 20.7 Å². The second kappa shape index (κ2) is 14.6. The number of hydrogen-bond donors (Lipinski definition) is 1. The van der Waals surface area contributed by atoms with Crippen LogP contribution in [0.4, 0.5) is 13.6 Å². The predicted octanol–water partition coefficient (Wildman–Crippen LogP) is 4.92. The summed E-state index contributed by atoms with van der Waals surface area (Å²) in [4.78, 5) is 25.2. The molecule has 11 heteroatoms. The quantitative estimate of drug-likeness (QED) is 0.327. The maximum Gasteiger partial charge on any atom is 0.415 e. The van der Waals surface area contributed by atoms with Crippen molar-refractivity contribution in [2.45, 2.75) is 32.3 Å². The lowest BCUT2D eigenvalue weighted by Gasteiger charge is -2.23. The molecular weight excluding hydrogens is 500 g/mol. The molecule has 0 saturated heterocycles. The van der Waals surface area contributed by atoms with Crippen LogP contribution >= 0.6 is 11.6 Å². The first-order valence-electron chi connectivity index (χ1n) is 11.3. The number of carboxylic acid groups (broad SMARTS) is 1. The molecule has 198 valence electrons. The molecular formula is C25H30ClF2NO7. The zero-order valence-corrected chi connectivity index (χ0v) is 20.9. The first-order valence-corrected chi connectivity index (χ1v) is 11.7. The van der Waals surface area contributed by atoms with Gasteiger partial charge in [0.2, 0.25) is 0 Å². The number of ether oxygens (including phenoxy) is 4. The molecule has 0 saturated carbocycles. The molecule has 0 aliphatic heterocycles. The normalized spacial score (nSPS) is 12.1. The van der Waals surface area contributed by atoms with Crippen LogP contribution in [0.1, 0.15) is 19.4 Å². The Morgan fingerprint density at radius 3 is 2.36 bits per heavy atom. The highest BCUT2D eigenvalue weighted by atomic mass is 35.5. The fourth-order valence-corrected chi connectivity index (χ4v) is 3.21. The molecule has 2 rings (SSSR count). The van der Waals surface area contributed by atoms with Crippen molar-refractivity contribution in [1.82, 2.24) is 4.90 Å². The average Bonchev–Trinajstić information content (AvgIpc) is 2.82.